The van der Waals surface area contributed by atoms with Crippen molar-refractivity contribution in [1.29, 1.82) is 0 Å². The van der Waals surface area contributed by atoms with Crippen molar-refractivity contribution in [2.75, 3.05) is 33.4 Å². The Bertz CT molecular complexity index is 248. The summed E-state index contributed by atoms with van der Waals surface area (Å²) in [6.07, 6.45) is 0. The summed E-state index contributed by atoms with van der Waals surface area (Å²) in [5, 5.41) is 2.82. The minimum Gasteiger partial charge on any atom is -0.378 e. The maximum absolute atomic E-state index is 11.8. The predicted molar refractivity (Wildman–Crippen MR) is 57.5 cm³/mol. The van der Waals surface area contributed by atoms with Crippen molar-refractivity contribution in [2.24, 2.45) is 10.7 Å². The molecule has 0 aromatic rings. The number of guanidine groups is 1. The molecule has 0 bridgehead atoms. The van der Waals surface area contributed by atoms with Gasteiger partial charge in [-0.05, 0) is 6.92 Å². The number of morpholine rings is 1. The monoisotopic (exact) mass is 214 g/mol. The van der Waals surface area contributed by atoms with Gasteiger partial charge in [0.2, 0.25) is 5.91 Å². The SMILES string of the molecule is CN=C(N)NC(C)C(=O)N1CCOCC1. The summed E-state index contributed by atoms with van der Waals surface area (Å²) in [7, 11) is 1.58. The number of nitrogens with two attached hydrogens (primary N) is 1. The van der Waals surface area contributed by atoms with Crippen molar-refractivity contribution in [3.63, 3.8) is 0 Å². The zero-order valence-corrected chi connectivity index (χ0v) is 9.19. The molecule has 3 N–H and O–H groups in total. The molecule has 1 amide bonds. The van der Waals surface area contributed by atoms with Gasteiger partial charge in [-0.1, -0.05) is 0 Å². The number of nitrogens with zero attached hydrogens (tertiary/aromatic N) is 2. The van der Waals surface area contributed by atoms with E-state index >= 15 is 0 Å². The molecule has 1 atom stereocenters. The Labute approximate surface area is 89.5 Å². The quantitative estimate of drug-likeness (QED) is 0.445. The minimum atomic E-state index is -0.341. The average Bonchev–Trinajstić information content (AvgIpc) is 2.29. The van der Waals surface area contributed by atoms with Crippen LogP contribution in [0.4, 0.5) is 0 Å². The molecule has 0 radical (unpaired) electrons. The second kappa shape index (κ2) is 5.55. The molecule has 6 heteroatoms. The van der Waals surface area contributed by atoms with Crippen molar-refractivity contribution in [3.8, 4) is 0 Å². The van der Waals surface area contributed by atoms with E-state index in [1.165, 1.54) is 0 Å². The van der Waals surface area contributed by atoms with E-state index in [4.69, 9.17) is 10.5 Å². The number of hydrogen-bond acceptors (Lipinski definition) is 3. The first kappa shape index (κ1) is 11.8. The number of carbonyl (C=O) groups is 1. The molecule has 0 saturated carbocycles. The summed E-state index contributed by atoms with van der Waals surface area (Å²) >= 11 is 0. The number of ether oxygens (including phenoxy) is 1. The van der Waals surface area contributed by atoms with Crippen LogP contribution >= 0.6 is 0 Å². The lowest BCUT2D eigenvalue weighted by molar-refractivity contribution is -0.136. The number of hydrogen-bond donors (Lipinski definition) is 2. The van der Waals surface area contributed by atoms with Crippen LogP contribution < -0.4 is 11.1 Å². The molecular formula is C9H18N4O2. The molecule has 1 heterocycles. The van der Waals surface area contributed by atoms with Crippen molar-refractivity contribution in [2.45, 2.75) is 13.0 Å². The van der Waals surface area contributed by atoms with Gasteiger partial charge in [0.05, 0.1) is 13.2 Å². The summed E-state index contributed by atoms with van der Waals surface area (Å²) in [6, 6.07) is -0.341. The molecule has 1 aliphatic rings. The Morgan fingerprint density at radius 1 is 1.53 bits per heavy atom. The fourth-order valence-electron chi connectivity index (χ4n) is 1.41. The highest BCUT2D eigenvalue weighted by Gasteiger charge is 2.22. The largest absolute Gasteiger partial charge is 0.378 e. The van der Waals surface area contributed by atoms with Gasteiger partial charge in [0.15, 0.2) is 5.96 Å². The van der Waals surface area contributed by atoms with Crippen LogP contribution in [-0.2, 0) is 9.53 Å². The molecule has 0 aromatic carbocycles. The molecule has 0 aromatic heterocycles. The highest BCUT2D eigenvalue weighted by Crippen LogP contribution is 2.00. The second-order valence-electron chi connectivity index (χ2n) is 3.41. The van der Waals surface area contributed by atoms with Gasteiger partial charge in [-0.25, -0.2) is 0 Å². The molecule has 1 aliphatic heterocycles. The van der Waals surface area contributed by atoms with Crippen LogP contribution in [-0.4, -0.2) is 56.2 Å². The summed E-state index contributed by atoms with van der Waals surface area (Å²) < 4.78 is 5.17. The van der Waals surface area contributed by atoms with E-state index < -0.39 is 0 Å². The lowest BCUT2D eigenvalue weighted by atomic mass is 10.2. The van der Waals surface area contributed by atoms with Crippen LogP contribution in [0.15, 0.2) is 4.99 Å². The third-order valence-corrected chi connectivity index (χ3v) is 2.30. The maximum Gasteiger partial charge on any atom is 0.245 e. The Hall–Kier alpha value is -1.30. The molecule has 1 unspecified atom stereocenters. The number of amides is 1. The zero-order chi connectivity index (χ0) is 11.3. The van der Waals surface area contributed by atoms with Crippen molar-refractivity contribution in [3.05, 3.63) is 0 Å². The van der Waals surface area contributed by atoms with E-state index in [-0.39, 0.29) is 17.9 Å². The molecule has 6 nitrogen and oxygen atoms in total. The maximum atomic E-state index is 11.8. The average molecular weight is 214 g/mol. The summed E-state index contributed by atoms with van der Waals surface area (Å²) in [5.74, 6) is 0.314. The van der Waals surface area contributed by atoms with Gasteiger partial charge in [0.1, 0.15) is 6.04 Å². The van der Waals surface area contributed by atoms with Gasteiger partial charge in [0, 0.05) is 20.1 Å². The second-order valence-corrected chi connectivity index (χ2v) is 3.41. The van der Waals surface area contributed by atoms with Crippen molar-refractivity contribution >= 4 is 11.9 Å². The first-order valence-electron chi connectivity index (χ1n) is 5.00. The summed E-state index contributed by atoms with van der Waals surface area (Å²) in [5.41, 5.74) is 5.48. The van der Waals surface area contributed by atoms with Crippen LogP contribution in [0, 0.1) is 0 Å². The van der Waals surface area contributed by atoms with E-state index in [2.05, 4.69) is 10.3 Å². The molecule has 15 heavy (non-hydrogen) atoms. The van der Waals surface area contributed by atoms with Crippen LogP contribution in [0.1, 0.15) is 6.92 Å². The molecular weight excluding hydrogens is 196 g/mol. The van der Waals surface area contributed by atoms with Gasteiger partial charge in [0.25, 0.3) is 0 Å². The van der Waals surface area contributed by atoms with E-state index in [1.807, 2.05) is 0 Å². The van der Waals surface area contributed by atoms with Crippen LogP contribution in [0.25, 0.3) is 0 Å². The number of aliphatic imine (C=N–C) groups is 1. The molecule has 86 valence electrons. The van der Waals surface area contributed by atoms with Gasteiger partial charge < -0.3 is 20.7 Å². The Morgan fingerprint density at radius 3 is 2.67 bits per heavy atom. The minimum absolute atomic E-state index is 0.0323. The Morgan fingerprint density at radius 2 is 2.13 bits per heavy atom. The summed E-state index contributed by atoms with van der Waals surface area (Å²) in [6.45, 7) is 4.28. The lowest BCUT2D eigenvalue weighted by Gasteiger charge is -2.29. The number of rotatable bonds is 2. The van der Waals surface area contributed by atoms with Gasteiger partial charge in [-0.15, -0.1) is 0 Å². The third-order valence-electron chi connectivity index (χ3n) is 2.30. The number of nitrogens with one attached hydrogen (secondary N) is 1. The summed E-state index contributed by atoms with van der Waals surface area (Å²) in [4.78, 5) is 17.4. The lowest BCUT2D eigenvalue weighted by Crippen LogP contribution is -2.51. The Kier molecular flexibility index (Phi) is 4.36. The first-order chi connectivity index (χ1) is 7.15. The van der Waals surface area contributed by atoms with Crippen molar-refractivity contribution < 1.29 is 9.53 Å². The van der Waals surface area contributed by atoms with Crippen LogP contribution in [0.5, 0.6) is 0 Å². The van der Waals surface area contributed by atoms with Gasteiger partial charge >= 0.3 is 0 Å². The molecule has 0 aliphatic carbocycles. The number of carbonyl (C=O) groups excluding carboxylic acids is 1. The zero-order valence-electron chi connectivity index (χ0n) is 9.19. The topological polar surface area (TPSA) is 79.9 Å². The van der Waals surface area contributed by atoms with E-state index in [1.54, 1.807) is 18.9 Å². The van der Waals surface area contributed by atoms with Crippen LogP contribution in [0.2, 0.25) is 0 Å². The predicted octanol–water partition coefficient (Wildman–Crippen LogP) is -1.23. The molecule has 1 rings (SSSR count). The van der Waals surface area contributed by atoms with Gasteiger partial charge in [-0.2, -0.15) is 0 Å². The molecule has 1 saturated heterocycles. The fourth-order valence-corrected chi connectivity index (χ4v) is 1.41. The third kappa shape index (κ3) is 3.39. The molecule has 1 fully saturated rings. The van der Waals surface area contributed by atoms with Gasteiger partial charge in [-0.3, -0.25) is 9.79 Å². The first-order valence-corrected chi connectivity index (χ1v) is 5.00. The standard InChI is InChI=1S/C9H18N4O2/c1-7(12-9(10)11-2)8(14)13-3-5-15-6-4-13/h7H,3-6H2,1-2H3,(H3,10,11,12). The highest BCUT2D eigenvalue weighted by atomic mass is 16.5. The van der Waals surface area contributed by atoms with E-state index in [0.29, 0.717) is 26.3 Å². The molecule has 0 spiro atoms. The smallest absolute Gasteiger partial charge is 0.245 e. The van der Waals surface area contributed by atoms with Crippen LogP contribution in [0.3, 0.4) is 0 Å². The fraction of sp³-hybridized carbons (Fsp3) is 0.778. The van der Waals surface area contributed by atoms with E-state index in [9.17, 15) is 4.79 Å². The highest BCUT2D eigenvalue weighted by molar-refractivity contribution is 5.87. The van der Waals surface area contributed by atoms with Crippen molar-refractivity contribution in [1.82, 2.24) is 10.2 Å². The Balaban J connectivity index is 2.44. The van der Waals surface area contributed by atoms with E-state index in [0.717, 1.165) is 0 Å². The normalized spacial score (nSPS) is 19.9.